The highest BCUT2D eigenvalue weighted by atomic mass is 16.6. The van der Waals surface area contributed by atoms with Crippen LogP contribution in [0.4, 0.5) is 0 Å². The molecule has 0 aliphatic carbocycles. The average molecular weight is 332 g/mol. The molecule has 0 radical (unpaired) electrons. The largest absolute Gasteiger partial charge is 0.367 e. The standard InChI is InChI=1S/C21H33NO2/c1-3-4-5-6-7-8-9-10-13-16(2)17-14-11-12-15-18(17)19-20(24-19)21(22)23/h11-12,14-16,19-20H,3-10,13H2,1-2H3,(H2,22,23). The van der Waals surface area contributed by atoms with Gasteiger partial charge >= 0.3 is 0 Å². The number of benzene rings is 1. The molecule has 24 heavy (non-hydrogen) atoms. The Hall–Kier alpha value is -1.35. The van der Waals surface area contributed by atoms with Crippen LogP contribution in [0.2, 0.25) is 0 Å². The van der Waals surface area contributed by atoms with E-state index >= 15 is 0 Å². The van der Waals surface area contributed by atoms with Crippen LogP contribution in [0, 0.1) is 0 Å². The topological polar surface area (TPSA) is 55.6 Å². The molecule has 1 aromatic rings. The first-order valence-electron chi connectivity index (χ1n) is 9.68. The number of hydrogen-bond donors (Lipinski definition) is 1. The Morgan fingerprint density at radius 2 is 1.71 bits per heavy atom. The Balaban J connectivity index is 1.73. The van der Waals surface area contributed by atoms with Gasteiger partial charge < -0.3 is 10.5 Å². The number of primary amides is 1. The van der Waals surface area contributed by atoms with E-state index in [2.05, 4.69) is 32.0 Å². The minimum absolute atomic E-state index is 0.125. The van der Waals surface area contributed by atoms with E-state index in [9.17, 15) is 4.79 Å². The quantitative estimate of drug-likeness (QED) is 0.420. The first-order chi connectivity index (χ1) is 11.6. The summed E-state index contributed by atoms with van der Waals surface area (Å²) in [4.78, 5) is 11.3. The summed E-state index contributed by atoms with van der Waals surface area (Å²) in [5.74, 6) is 0.143. The highest BCUT2D eigenvalue weighted by Crippen LogP contribution is 2.42. The molecular weight excluding hydrogens is 298 g/mol. The van der Waals surface area contributed by atoms with Gasteiger partial charge in [0.05, 0.1) is 0 Å². The minimum Gasteiger partial charge on any atom is -0.367 e. The van der Waals surface area contributed by atoms with Crippen molar-refractivity contribution in [1.29, 1.82) is 0 Å². The first-order valence-corrected chi connectivity index (χ1v) is 9.68. The van der Waals surface area contributed by atoms with Crippen molar-refractivity contribution < 1.29 is 9.53 Å². The molecule has 1 aromatic carbocycles. The fraction of sp³-hybridized carbons (Fsp3) is 0.667. The third kappa shape index (κ3) is 5.62. The summed E-state index contributed by atoms with van der Waals surface area (Å²) >= 11 is 0. The molecule has 134 valence electrons. The van der Waals surface area contributed by atoms with Crippen LogP contribution in [-0.4, -0.2) is 12.0 Å². The van der Waals surface area contributed by atoms with E-state index in [1.807, 2.05) is 6.07 Å². The molecule has 1 aliphatic rings. The average Bonchev–Trinajstić information content (AvgIpc) is 3.38. The molecule has 0 spiro atoms. The van der Waals surface area contributed by atoms with Crippen molar-refractivity contribution >= 4 is 5.91 Å². The normalized spacial score (nSPS) is 20.8. The Bertz CT molecular complexity index is 514. The summed E-state index contributed by atoms with van der Waals surface area (Å²) in [6.07, 6.45) is 11.4. The number of nitrogens with two attached hydrogens (primary N) is 1. The first kappa shape index (κ1) is 19.0. The second-order valence-corrected chi connectivity index (χ2v) is 7.17. The van der Waals surface area contributed by atoms with Crippen LogP contribution in [0.15, 0.2) is 24.3 Å². The smallest absolute Gasteiger partial charge is 0.249 e. The summed E-state index contributed by atoms with van der Waals surface area (Å²) in [5, 5.41) is 0. The van der Waals surface area contributed by atoms with Gasteiger partial charge in [0.1, 0.15) is 6.10 Å². The van der Waals surface area contributed by atoms with Crippen LogP contribution < -0.4 is 5.73 Å². The van der Waals surface area contributed by atoms with Gasteiger partial charge in [0.25, 0.3) is 0 Å². The third-order valence-electron chi connectivity index (χ3n) is 5.10. The van der Waals surface area contributed by atoms with Crippen LogP contribution in [0.25, 0.3) is 0 Å². The second-order valence-electron chi connectivity index (χ2n) is 7.17. The monoisotopic (exact) mass is 331 g/mol. The Morgan fingerprint density at radius 3 is 2.33 bits per heavy atom. The van der Waals surface area contributed by atoms with Gasteiger partial charge in [-0.05, 0) is 23.5 Å². The SMILES string of the molecule is CCCCCCCCCCC(C)c1ccccc1C1OC1C(N)=O. The van der Waals surface area contributed by atoms with Gasteiger partial charge in [-0.1, -0.05) is 89.5 Å². The van der Waals surface area contributed by atoms with Crippen molar-refractivity contribution in [3.63, 3.8) is 0 Å². The third-order valence-corrected chi connectivity index (χ3v) is 5.10. The molecule has 3 heteroatoms. The van der Waals surface area contributed by atoms with E-state index in [4.69, 9.17) is 10.5 Å². The molecule has 1 amide bonds. The van der Waals surface area contributed by atoms with Crippen LogP contribution in [0.3, 0.4) is 0 Å². The molecular formula is C21H33NO2. The second kappa shape index (κ2) is 9.83. The van der Waals surface area contributed by atoms with Crippen molar-refractivity contribution in [2.75, 3.05) is 0 Å². The Kier molecular flexibility index (Phi) is 7.77. The maximum Gasteiger partial charge on any atom is 0.249 e. The number of amides is 1. The number of epoxide rings is 1. The number of ether oxygens (including phenoxy) is 1. The molecule has 1 fully saturated rings. The lowest BCUT2D eigenvalue weighted by Gasteiger charge is -2.15. The highest BCUT2D eigenvalue weighted by molar-refractivity contribution is 5.82. The van der Waals surface area contributed by atoms with Crippen molar-refractivity contribution in [1.82, 2.24) is 0 Å². The van der Waals surface area contributed by atoms with E-state index in [1.165, 1.54) is 63.4 Å². The summed E-state index contributed by atoms with van der Waals surface area (Å²) < 4.78 is 5.47. The lowest BCUT2D eigenvalue weighted by atomic mass is 9.89. The van der Waals surface area contributed by atoms with Crippen LogP contribution in [0.5, 0.6) is 0 Å². The molecule has 0 saturated carbocycles. The molecule has 3 nitrogen and oxygen atoms in total. The molecule has 3 atom stereocenters. The van der Waals surface area contributed by atoms with Crippen LogP contribution in [0.1, 0.15) is 94.8 Å². The zero-order chi connectivity index (χ0) is 17.4. The summed E-state index contributed by atoms with van der Waals surface area (Å²) in [7, 11) is 0. The molecule has 1 heterocycles. The summed E-state index contributed by atoms with van der Waals surface area (Å²) in [6.45, 7) is 4.54. The zero-order valence-electron chi connectivity index (χ0n) is 15.3. The molecule has 1 aliphatic heterocycles. The minimum atomic E-state index is -0.429. The van der Waals surface area contributed by atoms with E-state index < -0.39 is 6.10 Å². The van der Waals surface area contributed by atoms with E-state index in [0.29, 0.717) is 5.92 Å². The molecule has 2 N–H and O–H groups in total. The number of carbonyl (C=O) groups is 1. The van der Waals surface area contributed by atoms with E-state index in [-0.39, 0.29) is 12.0 Å². The molecule has 3 unspecified atom stereocenters. The maximum absolute atomic E-state index is 11.3. The number of carbonyl (C=O) groups excluding carboxylic acids is 1. The van der Waals surface area contributed by atoms with Crippen LogP contribution >= 0.6 is 0 Å². The molecule has 1 saturated heterocycles. The highest BCUT2D eigenvalue weighted by Gasteiger charge is 2.45. The van der Waals surface area contributed by atoms with Gasteiger partial charge in [-0.25, -0.2) is 0 Å². The lowest BCUT2D eigenvalue weighted by molar-refractivity contribution is -0.119. The van der Waals surface area contributed by atoms with E-state index in [1.54, 1.807) is 0 Å². The molecule has 0 bridgehead atoms. The van der Waals surface area contributed by atoms with Crippen molar-refractivity contribution in [3.05, 3.63) is 35.4 Å². The summed E-state index contributed by atoms with van der Waals surface area (Å²) in [6, 6.07) is 8.34. The number of hydrogen-bond acceptors (Lipinski definition) is 2. The molecule has 0 aromatic heterocycles. The van der Waals surface area contributed by atoms with Gasteiger partial charge in [0, 0.05) is 0 Å². The van der Waals surface area contributed by atoms with Crippen molar-refractivity contribution in [3.8, 4) is 0 Å². The predicted molar refractivity (Wildman–Crippen MR) is 98.9 cm³/mol. The molecule has 2 rings (SSSR count). The zero-order valence-corrected chi connectivity index (χ0v) is 15.3. The van der Waals surface area contributed by atoms with E-state index in [0.717, 1.165) is 5.56 Å². The fourth-order valence-corrected chi connectivity index (χ4v) is 3.52. The van der Waals surface area contributed by atoms with Gasteiger partial charge in [-0.3, -0.25) is 4.79 Å². The fourth-order valence-electron chi connectivity index (χ4n) is 3.52. The predicted octanol–water partition coefficient (Wildman–Crippen LogP) is 5.25. The number of unbranched alkanes of at least 4 members (excludes halogenated alkanes) is 7. The Morgan fingerprint density at radius 1 is 1.08 bits per heavy atom. The van der Waals surface area contributed by atoms with Crippen molar-refractivity contribution in [2.24, 2.45) is 5.73 Å². The van der Waals surface area contributed by atoms with Gasteiger partial charge in [0.2, 0.25) is 5.91 Å². The van der Waals surface area contributed by atoms with Crippen molar-refractivity contribution in [2.45, 2.75) is 89.8 Å². The van der Waals surface area contributed by atoms with Crippen LogP contribution in [-0.2, 0) is 9.53 Å². The van der Waals surface area contributed by atoms with Gasteiger partial charge in [-0.15, -0.1) is 0 Å². The lowest BCUT2D eigenvalue weighted by Crippen LogP contribution is -2.18. The van der Waals surface area contributed by atoms with Gasteiger partial charge in [-0.2, -0.15) is 0 Å². The summed E-state index contributed by atoms with van der Waals surface area (Å²) in [5.41, 5.74) is 7.81. The maximum atomic E-state index is 11.3. The van der Waals surface area contributed by atoms with Gasteiger partial charge in [0.15, 0.2) is 6.10 Å². The Labute approximate surface area is 147 Å². The number of rotatable bonds is 12.